The zero-order valence-corrected chi connectivity index (χ0v) is 15.1. The average Bonchev–Trinajstić information content (AvgIpc) is 3.11. The molecule has 2 aromatic heterocycles. The summed E-state index contributed by atoms with van der Waals surface area (Å²) in [5.41, 5.74) is 3.16. The quantitative estimate of drug-likeness (QED) is 0.693. The van der Waals surface area contributed by atoms with Crippen LogP contribution < -0.4 is 4.90 Å². The second kappa shape index (κ2) is 6.18. The van der Waals surface area contributed by atoms with Gasteiger partial charge in [-0.2, -0.15) is 0 Å². The van der Waals surface area contributed by atoms with Crippen molar-refractivity contribution in [3.63, 3.8) is 0 Å². The number of H-pyrrole nitrogens is 1. The first-order chi connectivity index (χ1) is 11.6. The highest BCUT2D eigenvalue weighted by atomic mass is 79.9. The van der Waals surface area contributed by atoms with Gasteiger partial charge >= 0.3 is 0 Å². The third kappa shape index (κ3) is 2.91. The van der Waals surface area contributed by atoms with Crippen LogP contribution in [0.1, 0.15) is 10.5 Å². The van der Waals surface area contributed by atoms with Gasteiger partial charge in [0, 0.05) is 49.0 Å². The molecule has 5 nitrogen and oxygen atoms in total. The first-order valence-corrected chi connectivity index (χ1v) is 8.85. The Morgan fingerprint density at radius 1 is 1.17 bits per heavy atom. The predicted octanol–water partition coefficient (Wildman–Crippen LogP) is 4.14. The molecule has 4 rings (SSSR count). The van der Waals surface area contributed by atoms with E-state index in [9.17, 15) is 4.79 Å². The number of hydrogen-bond acceptors (Lipinski definition) is 3. The van der Waals surface area contributed by atoms with Crippen LogP contribution in [0.3, 0.4) is 0 Å². The third-order valence-electron chi connectivity index (χ3n) is 4.25. The highest BCUT2D eigenvalue weighted by molar-refractivity contribution is 9.10. The average molecular weight is 409 g/mol. The lowest BCUT2D eigenvalue weighted by Gasteiger charge is -2.36. The van der Waals surface area contributed by atoms with E-state index in [0.717, 1.165) is 29.3 Å². The third-order valence-corrected chi connectivity index (χ3v) is 4.87. The van der Waals surface area contributed by atoms with Crippen molar-refractivity contribution in [2.75, 3.05) is 31.1 Å². The summed E-state index contributed by atoms with van der Waals surface area (Å²) in [6.45, 7) is 2.92. The SMILES string of the molecule is O=C(c1cc2oc(Br)cc2[nH]1)N1CCN(c2cccc(Cl)c2)CC1. The first kappa shape index (κ1) is 15.6. The van der Waals surface area contributed by atoms with Crippen LogP contribution in [-0.2, 0) is 0 Å². The van der Waals surface area contributed by atoms with E-state index < -0.39 is 0 Å². The smallest absolute Gasteiger partial charge is 0.270 e. The maximum Gasteiger partial charge on any atom is 0.270 e. The van der Waals surface area contributed by atoms with E-state index in [4.69, 9.17) is 16.0 Å². The molecule has 3 aromatic rings. The molecule has 1 N–H and O–H groups in total. The lowest BCUT2D eigenvalue weighted by molar-refractivity contribution is 0.0742. The van der Waals surface area contributed by atoms with Gasteiger partial charge in [-0.25, -0.2) is 0 Å². The summed E-state index contributed by atoms with van der Waals surface area (Å²) in [4.78, 5) is 19.9. The molecular formula is C17H15BrClN3O2. The lowest BCUT2D eigenvalue weighted by Crippen LogP contribution is -2.48. The Bertz CT molecular complexity index is 865. The topological polar surface area (TPSA) is 52.5 Å². The number of fused-ring (bicyclic) bond motifs is 1. The number of hydrogen-bond donors (Lipinski definition) is 1. The second-order valence-corrected chi connectivity index (χ2v) is 6.99. The van der Waals surface area contributed by atoms with E-state index in [1.54, 1.807) is 6.07 Å². The predicted molar refractivity (Wildman–Crippen MR) is 97.8 cm³/mol. The number of nitrogens with zero attached hydrogens (tertiary/aromatic N) is 2. The van der Waals surface area contributed by atoms with Gasteiger partial charge in [0.2, 0.25) is 0 Å². The fourth-order valence-electron chi connectivity index (χ4n) is 3.02. The van der Waals surface area contributed by atoms with E-state index in [1.165, 1.54) is 0 Å². The molecule has 1 fully saturated rings. The van der Waals surface area contributed by atoms with E-state index in [-0.39, 0.29) is 5.91 Å². The van der Waals surface area contributed by atoms with Crippen molar-refractivity contribution in [1.29, 1.82) is 0 Å². The van der Waals surface area contributed by atoms with Crippen LogP contribution in [0.4, 0.5) is 5.69 Å². The molecule has 1 aromatic carbocycles. The number of anilines is 1. The van der Waals surface area contributed by atoms with Crippen molar-refractivity contribution in [2.45, 2.75) is 0 Å². The molecule has 0 spiro atoms. The van der Waals surface area contributed by atoms with Gasteiger partial charge in [0.25, 0.3) is 5.91 Å². The number of furan rings is 1. The zero-order chi connectivity index (χ0) is 16.7. The van der Waals surface area contributed by atoms with Gasteiger partial charge in [-0.1, -0.05) is 17.7 Å². The summed E-state index contributed by atoms with van der Waals surface area (Å²) in [6.07, 6.45) is 0. The van der Waals surface area contributed by atoms with E-state index in [0.29, 0.717) is 29.0 Å². The van der Waals surface area contributed by atoms with Crippen molar-refractivity contribution < 1.29 is 9.21 Å². The Kier molecular flexibility index (Phi) is 4.02. The van der Waals surface area contributed by atoms with Crippen LogP contribution in [0.15, 0.2) is 45.5 Å². The summed E-state index contributed by atoms with van der Waals surface area (Å²) in [5, 5.41) is 0.728. The molecule has 0 unspecified atom stereocenters. The minimum atomic E-state index is 0.00302. The maximum absolute atomic E-state index is 12.7. The van der Waals surface area contributed by atoms with Gasteiger partial charge in [0.15, 0.2) is 10.3 Å². The molecule has 1 aliphatic rings. The number of aromatic nitrogens is 1. The summed E-state index contributed by atoms with van der Waals surface area (Å²) in [5.74, 6) is 0.00302. The zero-order valence-electron chi connectivity index (χ0n) is 12.8. The normalized spacial score (nSPS) is 15.2. The van der Waals surface area contributed by atoms with Crippen LogP contribution in [0.5, 0.6) is 0 Å². The fourth-order valence-corrected chi connectivity index (χ4v) is 3.61. The van der Waals surface area contributed by atoms with Crippen LogP contribution in [0.2, 0.25) is 5.02 Å². The largest absolute Gasteiger partial charge is 0.448 e. The first-order valence-electron chi connectivity index (χ1n) is 7.68. The van der Waals surface area contributed by atoms with Crippen molar-refractivity contribution >= 4 is 50.2 Å². The van der Waals surface area contributed by atoms with Crippen molar-refractivity contribution in [1.82, 2.24) is 9.88 Å². The van der Waals surface area contributed by atoms with Crippen LogP contribution in [0.25, 0.3) is 11.1 Å². The van der Waals surface area contributed by atoms with E-state index in [1.807, 2.05) is 35.2 Å². The van der Waals surface area contributed by atoms with Gasteiger partial charge in [-0.05, 0) is 34.1 Å². The molecule has 1 aliphatic heterocycles. The number of nitrogens with one attached hydrogen (secondary N) is 1. The molecule has 0 radical (unpaired) electrons. The molecular weight excluding hydrogens is 394 g/mol. The molecule has 0 aliphatic carbocycles. The molecule has 0 bridgehead atoms. The van der Waals surface area contributed by atoms with Gasteiger partial charge in [-0.3, -0.25) is 4.79 Å². The summed E-state index contributed by atoms with van der Waals surface area (Å²) in [7, 11) is 0. The second-order valence-electron chi connectivity index (χ2n) is 5.77. The number of carbonyl (C=O) groups excluding carboxylic acids is 1. The fraction of sp³-hybridized carbons (Fsp3) is 0.235. The number of piperazine rings is 1. The van der Waals surface area contributed by atoms with Gasteiger partial charge in [0.1, 0.15) is 5.69 Å². The summed E-state index contributed by atoms with van der Waals surface area (Å²) in [6, 6.07) is 11.4. The molecule has 0 atom stereocenters. The Hall–Kier alpha value is -1.92. The maximum atomic E-state index is 12.7. The molecule has 24 heavy (non-hydrogen) atoms. The summed E-state index contributed by atoms with van der Waals surface area (Å²) >= 11 is 9.33. The van der Waals surface area contributed by atoms with E-state index in [2.05, 4.69) is 25.8 Å². The highest BCUT2D eigenvalue weighted by Gasteiger charge is 2.24. The number of rotatable bonds is 2. The Labute approximate surface area is 152 Å². The van der Waals surface area contributed by atoms with E-state index >= 15 is 0 Å². The molecule has 124 valence electrons. The number of carbonyl (C=O) groups is 1. The monoisotopic (exact) mass is 407 g/mol. The Balaban J connectivity index is 1.45. The van der Waals surface area contributed by atoms with Gasteiger partial charge in [0.05, 0.1) is 5.52 Å². The number of aromatic amines is 1. The number of halogens is 2. The Morgan fingerprint density at radius 3 is 2.67 bits per heavy atom. The number of benzene rings is 1. The molecule has 7 heteroatoms. The minimum Gasteiger partial charge on any atom is -0.448 e. The Morgan fingerprint density at radius 2 is 1.96 bits per heavy atom. The number of amides is 1. The van der Waals surface area contributed by atoms with Crippen molar-refractivity contribution in [2.24, 2.45) is 0 Å². The molecule has 1 saturated heterocycles. The molecule has 0 saturated carbocycles. The molecule has 1 amide bonds. The van der Waals surface area contributed by atoms with Crippen molar-refractivity contribution in [3.05, 3.63) is 51.8 Å². The van der Waals surface area contributed by atoms with Crippen LogP contribution >= 0.6 is 27.5 Å². The van der Waals surface area contributed by atoms with Crippen LogP contribution in [-0.4, -0.2) is 42.0 Å². The van der Waals surface area contributed by atoms with Crippen molar-refractivity contribution in [3.8, 4) is 0 Å². The lowest BCUT2D eigenvalue weighted by atomic mass is 10.2. The standard InChI is InChI=1S/C17H15BrClN3O2/c18-16-10-13-15(24-16)9-14(20-13)17(23)22-6-4-21(5-7-22)12-3-1-2-11(19)8-12/h1-3,8-10,20H,4-7H2. The highest BCUT2D eigenvalue weighted by Crippen LogP contribution is 2.25. The molecule has 3 heterocycles. The van der Waals surface area contributed by atoms with Gasteiger partial charge < -0.3 is 19.2 Å². The minimum absolute atomic E-state index is 0.00302. The van der Waals surface area contributed by atoms with Crippen LogP contribution in [0, 0.1) is 0 Å². The van der Waals surface area contributed by atoms with Gasteiger partial charge in [-0.15, -0.1) is 0 Å². The summed E-state index contributed by atoms with van der Waals surface area (Å²) < 4.78 is 6.12.